The van der Waals surface area contributed by atoms with Crippen LogP contribution in [0.15, 0.2) is 24.3 Å². The molecule has 2 aromatic rings. The summed E-state index contributed by atoms with van der Waals surface area (Å²) in [6.45, 7) is 13.4. The van der Waals surface area contributed by atoms with Gasteiger partial charge >= 0.3 is 0 Å². The van der Waals surface area contributed by atoms with Gasteiger partial charge in [0.1, 0.15) is 0 Å². The van der Waals surface area contributed by atoms with E-state index in [1.807, 2.05) is 0 Å². The van der Waals surface area contributed by atoms with Crippen LogP contribution in [0.5, 0.6) is 0 Å². The van der Waals surface area contributed by atoms with Crippen LogP contribution in [0.25, 0.3) is 0 Å². The molecule has 0 bridgehead atoms. The second kappa shape index (κ2) is 6.47. The van der Waals surface area contributed by atoms with Crippen LogP contribution < -0.4 is 0 Å². The molecule has 21 heavy (non-hydrogen) atoms. The van der Waals surface area contributed by atoms with Crippen molar-refractivity contribution >= 4 is 0 Å². The highest BCUT2D eigenvalue weighted by Gasteiger charge is 2.12. The van der Waals surface area contributed by atoms with Crippen molar-refractivity contribution in [3.05, 3.63) is 75.2 Å². The van der Waals surface area contributed by atoms with Gasteiger partial charge in [0, 0.05) is 0 Å². The van der Waals surface area contributed by atoms with E-state index in [1.165, 1.54) is 44.5 Å². The second-order valence-corrected chi connectivity index (χ2v) is 6.12. The van der Waals surface area contributed by atoms with Gasteiger partial charge in [-0.3, -0.25) is 0 Å². The first kappa shape index (κ1) is 15.8. The summed E-state index contributed by atoms with van der Waals surface area (Å²) < 4.78 is 0. The Labute approximate surface area is 130 Å². The zero-order valence-corrected chi connectivity index (χ0v) is 14.3. The van der Waals surface area contributed by atoms with Gasteiger partial charge in [0.2, 0.25) is 0 Å². The Morgan fingerprint density at radius 2 is 1.10 bits per heavy atom. The molecule has 0 heterocycles. The molecule has 0 aliphatic carbocycles. The minimum Gasteiger partial charge on any atom is -0.0613 e. The summed E-state index contributed by atoms with van der Waals surface area (Å²) in [6, 6.07) is 9.00. The highest BCUT2D eigenvalue weighted by Crippen LogP contribution is 2.28. The molecule has 0 heteroatoms. The van der Waals surface area contributed by atoms with Crippen LogP contribution >= 0.6 is 0 Å². The summed E-state index contributed by atoms with van der Waals surface area (Å²) in [7, 11) is 0. The van der Waals surface area contributed by atoms with Crippen LogP contribution in [0.3, 0.4) is 0 Å². The van der Waals surface area contributed by atoms with E-state index in [0.717, 1.165) is 12.8 Å². The molecule has 0 unspecified atom stereocenters. The van der Waals surface area contributed by atoms with E-state index in [-0.39, 0.29) is 0 Å². The van der Waals surface area contributed by atoms with Gasteiger partial charge in [-0.15, -0.1) is 0 Å². The third-order valence-corrected chi connectivity index (χ3v) is 5.03. The van der Waals surface area contributed by atoms with E-state index in [1.54, 1.807) is 0 Å². The van der Waals surface area contributed by atoms with Crippen LogP contribution in [-0.4, -0.2) is 0 Å². The lowest BCUT2D eigenvalue weighted by molar-refractivity contribution is 1.08. The van der Waals surface area contributed by atoms with E-state index in [2.05, 4.69) is 72.2 Å². The summed E-state index contributed by atoms with van der Waals surface area (Å²) >= 11 is 0. The topological polar surface area (TPSA) is 0 Å². The zero-order valence-electron chi connectivity index (χ0n) is 14.3. The Balaban J connectivity index is 2.23. The van der Waals surface area contributed by atoms with Crippen LogP contribution in [-0.2, 0) is 12.8 Å². The molecule has 0 atom stereocenters. The molecule has 2 aromatic carbocycles. The Morgan fingerprint density at radius 3 is 1.57 bits per heavy atom. The summed E-state index contributed by atoms with van der Waals surface area (Å²) in [5.74, 6) is 0. The molecule has 111 valence electrons. The van der Waals surface area contributed by atoms with Crippen molar-refractivity contribution in [2.45, 2.75) is 54.4 Å². The molecule has 0 aromatic heterocycles. The van der Waals surface area contributed by atoms with Gasteiger partial charge in [-0.1, -0.05) is 31.2 Å². The smallest absolute Gasteiger partial charge is 0.00438 e. The molecule has 0 N–H and O–H groups in total. The molecule has 0 saturated heterocycles. The molecule has 0 nitrogen and oxygen atoms in total. The number of rotatable bonds is 4. The first-order valence-corrected chi connectivity index (χ1v) is 7.93. The predicted molar refractivity (Wildman–Crippen MR) is 93.1 cm³/mol. The summed E-state index contributed by atoms with van der Waals surface area (Å²) in [6.07, 6.45) is 4.51. The molecule has 1 radical (unpaired) electrons. The van der Waals surface area contributed by atoms with Crippen LogP contribution in [0, 0.1) is 41.0 Å². The Kier molecular flexibility index (Phi) is 4.88. The Morgan fingerprint density at radius 1 is 0.667 bits per heavy atom. The van der Waals surface area contributed by atoms with Crippen molar-refractivity contribution in [3.63, 3.8) is 0 Å². The lowest BCUT2D eigenvalue weighted by Gasteiger charge is -2.18. The average Bonchev–Trinajstić information content (AvgIpc) is 2.51. The number of aryl methyl sites for hydroxylation is 1. The van der Waals surface area contributed by atoms with E-state index in [0.29, 0.717) is 0 Å². The lowest BCUT2D eigenvalue weighted by Crippen LogP contribution is -2.03. The van der Waals surface area contributed by atoms with Crippen molar-refractivity contribution in [3.8, 4) is 0 Å². The average molecular weight is 279 g/mol. The molecule has 2 rings (SSSR count). The maximum atomic E-state index is 2.39. The maximum absolute atomic E-state index is 2.39. The fourth-order valence-electron chi connectivity index (χ4n) is 2.97. The SMILES string of the molecule is CCc1ccc(C[CH]c2c(C)c(C)c(C)c(C)c2C)cc1. The molecular formula is C21H27. The predicted octanol–water partition coefficient (Wildman–Crippen LogP) is 5.59. The Hall–Kier alpha value is -1.56. The van der Waals surface area contributed by atoms with E-state index in [4.69, 9.17) is 0 Å². The fraction of sp³-hybridized carbons (Fsp3) is 0.381. The molecule has 0 spiro atoms. The van der Waals surface area contributed by atoms with E-state index in [9.17, 15) is 0 Å². The van der Waals surface area contributed by atoms with Crippen molar-refractivity contribution in [1.82, 2.24) is 0 Å². The first-order chi connectivity index (χ1) is 9.95. The molecular weight excluding hydrogens is 252 g/mol. The van der Waals surface area contributed by atoms with Gasteiger partial charge in [0.15, 0.2) is 0 Å². The molecule has 0 fully saturated rings. The molecule has 0 amide bonds. The fourth-order valence-corrected chi connectivity index (χ4v) is 2.97. The highest BCUT2D eigenvalue weighted by molar-refractivity contribution is 5.52. The number of benzene rings is 2. The second-order valence-electron chi connectivity index (χ2n) is 6.12. The van der Waals surface area contributed by atoms with E-state index >= 15 is 0 Å². The molecule has 0 saturated carbocycles. The normalized spacial score (nSPS) is 11.0. The minimum atomic E-state index is 1.01. The van der Waals surface area contributed by atoms with Crippen LogP contribution in [0.1, 0.15) is 51.4 Å². The van der Waals surface area contributed by atoms with Crippen molar-refractivity contribution in [2.24, 2.45) is 0 Å². The molecule has 0 aliphatic heterocycles. The number of hydrogen-bond acceptors (Lipinski definition) is 0. The highest BCUT2D eigenvalue weighted by atomic mass is 14.2. The van der Waals surface area contributed by atoms with E-state index < -0.39 is 0 Å². The van der Waals surface area contributed by atoms with Gasteiger partial charge in [0.25, 0.3) is 0 Å². The van der Waals surface area contributed by atoms with Gasteiger partial charge in [-0.2, -0.15) is 0 Å². The van der Waals surface area contributed by atoms with Gasteiger partial charge in [0.05, 0.1) is 0 Å². The maximum Gasteiger partial charge on any atom is -0.00438 e. The van der Waals surface area contributed by atoms with Crippen molar-refractivity contribution < 1.29 is 0 Å². The summed E-state index contributed by atoms with van der Waals surface area (Å²) in [4.78, 5) is 0. The van der Waals surface area contributed by atoms with Gasteiger partial charge in [-0.25, -0.2) is 0 Å². The third kappa shape index (κ3) is 3.20. The van der Waals surface area contributed by atoms with Crippen molar-refractivity contribution in [2.75, 3.05) is 0 Å². The summed E-state index contributed by atoms with van der Waals surface area (Å²) in [5, 5.41) is 0. The minimum absolute atomic E-state index is 1.01. The van der Waals surface area contributed by atoms with Gasteiger partial charge in [-0.05, 0) is 98.4 Å². The summed E-state index contributed by atoms with van der Waals surface area (Å²) in [5.41, 5.74) is 11.4. The van der Waals surface area contributed by atoms with Crippen molar-refractivity contribution in [1.29, 1.82) is 0 Å². The lowest BCUT2D eigenvalue weighted by atomic mass is 9.87. The largest absolute Gasteiger partial charge is 0.0613 e. The number of hydrogen-bond donors (Lipinski definition) is 0. The third-order valence-electron chi connectivity index (χ3n) is 5.03. The van der Waals surface area contributed by atoms with Gasteiger partial charge < -0.3 is 0 Å². The monoisotopic (exact) mass is 279 g/mol. The molecule has 0 aliphatic rings. The first-order valence-electron chi connectivity index (χ1n) is 7.93. The quantitative estimate of drug-likeness (QED) is 0.684. The Bertz CT molecular complexity index is 601. The standard InChI is InChI=1S/C21H27/c1-7-19-8-10-20(11-9-19)12-13-21-17(5)15(3)14(2)16(4)18(21)6/h8-11,13H,7,12H2,1-6H3. The van der Waals surface area contributed by atoms with Crippen LogP contribution in [0.2, 0.25) is 0 Å². The zero-order chi connectivity index (χ0) is 15.6. The van der Waals surface area contributed by atoms with Crippen LogP contribution in [0.4, 0.5) is 0 Å².